The van der Waals surface area contributed by atoms with E-state index in [9.17, 15) is 43.2 Å². The van der Waals surface area contributed by atoms with Gasteiger partial charge in [0.05, 0.1) is 26.4 Å². The van der Waals surface area contributed by atoms with Gasteiger partial charge in [0.25, 0.3) is 0 Å². The van der Waals surface area contributed by atoms with Gasteiger partial charge in [-0.1, -0.05) is 338 Å². The summed E-state index contributed by atoms with van der Waals surface area (Å²) in [6.45, 7) is 14.2. The number of aliphatic hydroxyl groups excluding tert-OH is 1. The summed E-state index contributed by atoms with van der Waals surface area (Å²) in [5.74, 6) is 0.944. The summed E-state index contributed by atoms with van der Waals surface area (Å²) in [5, 5.41) is 10.6. The number of rotatable bonds is 74. The average Bonchev–Trinajstić information content (AvgIpc) is 1.44. The van der Waals surface area contributed by atoms with Crippen LogP contribution in [-0.2, 0) is 65.4 Å². The summed E-state index contributed by atoms with van der Waals surface area (Å²) in [5.41, 5.74) is 0. The van der Waals surface area contributed by atoms with E-state index >= 15 is 0 Å². The van der Waals surface area contributed by atoms with Crippen LogP contribution in [0.15, 0.2) is 0 Å². The zero-order valence-electron chi connectivity index (χ0n) is 63.0. The zero-order chi connectivity index (χ0) is 71.0. The van der Waals surface area contributed by atoms with Gasteiger partial charge in [0, 0.05) is 25.7 Å². The fraction of sp³-hybridized carbons (Fsp3) is 0.948. The van der Waals surface area contributed by atoms with Crippen molar-refractivity contribution in [3.8, 4) is 0 Å². The van der Waals surface area contributed by atoms with Crippen LogP contribution in [0.3, 0.4) is 0 Å². The Morgan fingerprint density at radius 2 is 0.500 bits per heavy atom. The number of phosphoric ester groups is 2. The molecule has 0 aliphatic rings. The molecular formula is C77H150O17P2. The molecule has 6 atom stereocenters. The molecule has 0 radical (unpaired) electrons. The molecule has 0 saturated heterocycles. The van der Waals surface area contributed by atoms with Crippen LogP contribution in [0.1, 0.15) is 389 Å². The maximum Gasteiger partial charge on any atom is 0.472 e. The number of phosphoric acid groups is 2. The minimum atomic E-state index is -4.96. The molecule has 570 valence electrons. The second kappa shape index (κ2) is 66.3. The largest absolute Gasteiger partial charge is 0.472 e. The number of unbranched alkanes of at least 4 members (excludes halogenated alkanes) is 39. The Morgan fingerprint density at radius 3 is 0.740 bits per heavy atom. The predicted molar refractivity (Wildman–Crippen MR) is 391 cm³/mol. The average molecular weight is 1410 g/mol. The van der Waals surface area contributed by atoms with Crippen molar-refractivity contribution in [1.29, 1.82) is 0 Å². The van der Waals surface area contributed by atoms with E-state index in [4.69, 9.17) is 37.0 Å². The van der Waals surface area contributed by atoms with Crippen LogP contribution in [0.4, 0.5) is 0 Å². The summed E-state index contributed by atoms with van der Waals surface area (Å²) in [6.07, 6.45) is 51.4. The lowest BCUT2D eigenvalue weighted by Crippen LogP contribution is -2.30. The number of aliphatic hydroxyl groups is 1. The van der Waals surface area contributed by atoms with E-state index < -0.39 is 97.5 Å². The normalized spacial score (nSPS) is 14.4. The second-order valence-electron chi connectivity index (χ2n) is 29.4. The SMILES string of the molecule is CCC(C)CCCCCCCCCCCCC(=O)O[C@H](COC(=O)CCCCCCCCCCCCCCCCCC(C)C)COP(=O)(O)OC[C@@H](O)COP(=O)(O)OC[C@@H](COC(=O)CCCCCCCCC(C)C)OC(=O)CCCCCCCCCCCCCCC(C)C. The van der Waals surface area contributed by atoms with Gasteiger partial charge in [0.15, 0.2) is 12.2 Å². The molecule has 0 aromatic rings. The molecule has 19 heteroatoms. The van der Waals surface area contributed by atoms with Crippen molar-refractivity contribution in [2.24, 2.45) is 23.7 Å². The summed E-state index contributed by atoms with van der Waals surface area (Å²) < 4.78 is 68.5. The van der Waals surface area contributed by atoms with Crippen LogP contribution in [0, 0.1) is 23.7 Å². The molecule has 0 spiro atoms. The minimum Gasteiger partial charge on any atom is -0.462 e. The third-order valence-corrected chi connectivity index (χ3v) is 20.1. The molecule has 3 N–H and O–H groups in total. The van der Waals surface area contributed by atoms with Gasteiger partial charge in [-0.2, -0.15) is 0 Å². The zero-order valence-corrected chi connectivity index (χ0v) is 64.8. The maximum absolute atomic E-state index is 13.1. The Labute approximate surface area is 588 Å². The molecular weight excluding hydrogens is 1260 g/mol. The molecule has 17 nitrogen and oxygen atoms in total. The molecule has 0 heterocycles. The van der Waals surface area contributed by atoms with Gasteiger partial charge in [0.1, 0.15) is 19.3 Å². The van der Waals surface area contributed by atoms with Gasteiger partial charge >= 0.3 is 39.5 Å². The third kappa shape index (κ3) is 69.2. The smallest absolute Gasteiger partial charge is 0.462 e. The molecule has 0 aromatic carbocycles. The number of carbonyl (C=O) groups excluding carboxylic acids is 4. The van der Waals surface area contributed by atoms with Gasteiger partial charge in [-0.15, -0.1) is 0 Å². The Kier molecular flexibility index (Phi) is 65.0. The van der Waals surface area contributed by atoms with Gasteiger partial charge in [-0.05, 0) is 49.4 Å². The number of hydrogen-bond donors (Lipinski definition) is 3. The van der Waals surface area contributed by atoms with Crippen molar-refractivity contribution in [3.63, 3.8) is 0 Å². The molecule has 0 aromatic heterocycles. The van der Waals surface area contributed by atoms with E-state index in [2.05, 4.69) is 55.4 Å². The topological polar surface area (TPSA) is 237 Å². The summed E-state index contributed by atoms with van der Waals surface area (Å²) >= 11 is 0. The molecule has 0 aliphatic heterocycles. The fourth-order valence-corrected chi connectivity index (χ4v) is 13.3. The highest BCUT2D eigenvalue weighted by Gasteiger charge is 2.30. The van der Waals surface area contributed by atoms with Crippen LogP contribution in [-0.4, -0.2) is 96.7 Å². The number of esters is 4. The Balaban J connectivity index is 5.23. The maximum atomic E-state index is 13.1. The summed E-state index contributed by atoms with van der Waals surface area (Å²) in [4.78, 5) is 72.8. The molecule has 0 saturated carbocycles. The van der Waals surface area contributed by atoms with E-state index in [1.165, 1.54) is 186 Å². The molecule has 96 heavy (non-hydrogen) atoms. The van der Waals surface area contributed by atoms with Crippen LogP contribution in [0.2, 0.25) is 0 Å². The van der Waals surface area contributed by atoms with Crippen LogP contribution in [0.5, 0.6) is 0 Å². The van der Waals surface area contributed by atoms with Gasteiger partial charge in [-0.3, -0.25) is 37.3 Å². The second-order valence-corrected chi connectivity index (χ2v) is 32.3. The predicted octanol–water partition coefficient (Wildman–Crippen LogP) is 22.4. The summed E-state index contributed by atoms with van der Waals surface area (Å²) in [7, 11) is -9.91. The van der Waals surface area contributed by atoms with Gasteiger partial charge < -0.3 is 33.8 Å². The number of hydrogen-bond acceptors (Lipinski definition) is 15. The van der Waals surface area contributed by atoms with Crippen LogP contribution in [0.25, 0.3) is 0 Å². The third-order valence-electron chi connectivity index (χ3n) is 18.2. The number of carbonyl (C=O) groups is 4. The van der Waals surface area contributed by atoms with Crippen molar-refractivity contribution in [1.82, 2.24) is 0 Å². The van der Waals surface area contributed by atoms with E-state index in [1.807, 2.05) is 0 Å². The van der Waals surface area contributed by atoms with Crippen molar-refractivity contribution in [3.05, 3.63) is 0 Å². The first-order chi connectivity index (χ1) is 46.1. The monoisotopic (exact) mass is 1410 g/mol. The molecule has 0 amide bonds. The van der Waals surface area contributed by atoms with Gasteiger partial charge in [0.2, 0.25) is 0 Å². The first kappa shape index (κ1) is 94.1. The first-order valence-electron chi connectivity index (χ1n) is 39.7. The number of ether oxygens (including phenoxy) is 4. The lowest BCUT2D eigenvalue weighted by atomic mass is 9.99. The van der Waals surface area contributed by atoms with E-state index in [1.54, 1.807) is 0 Å². The van der Waals surface area contributed by atoms with Crippen LogP contribution >= 0.6 is 15.6 Å². The highest BCUT2D eigenvalue weighted by molar-refractivity contribution is 7.47. The van der Waals surface area contributed by atoms with Crippen molar-refractivity contribution in [2.75, 3.05) is 39.6 Å². The standard InChI is InChI=1S/C77H150O17P2/c1-9-70(8)56-48-40-31-25-21-22-28-34-44-52-60-77(82)93-72(63-87-74(79)57-49-41-32-26-19-14-12-10-11-13-17-23-29-37-45-53-67(2)3)65-91-95(83,84)89-61-71(78)62-90-96(85,86)92-66-73(64-88-75(80)58-50-42-36-35-39-47-55-69(6)7)94-76(81)59-51-43-33-27-20-16-15-18-24-30-38-46-54-68(4)5/h67-73,78H,9-66H2,1-8H3,(H,83,84)(H,85,86)/t70?,71-,72-,73-/m1/s1. The van der Waals surface area contributed by atoms with E-state index in [-0.39, 0.29) is 25.7 Å². The first-order valence-corrected chi connectivity index (χ1v) is 42.7. The molecule has 3 unspecified atom stereocenters. The fourth-order valence-electron chi connectivity index (χ4n) is 11.7. The highest BCUT2D eigenvalue weighted by Crippen LogP contribution is 2.45. The van der Waals surface area contributed by atoms with Crippen molar-refractivity contribution in [2.45, 2.75) is 408 Å². The molecule has 0 fully saturated rings. The van der Waals surface area contributed by atoms with Gasteiger partial charge in [-0.25, -0.2) is 9.13 Å². The van der Waals surface area contributed by atoms with Crippen molar-refractivity contribution >= 4 is 39.5 Å². The lowest BCUT2D eigenvalue weighted by Gasteiger charge is -2.21. The van der Waals surface area contributed by atoms with Crippen molar-refractivity contribution < 1.29 is 80.2 Å². The minimum absolute atomic E-state index is 0.105. The lowest BCUT2D eigenvalue weighted by molar-refractivity contribution is -0.161. The van der Waals surface area contributed by atoms with Crippen LogP contribution < -0.4 is 0 Å². The Morgan fingerprint density at radius 1 is 0.292 bits per heavy atom. The van der Waals surface area contributed by atoms with E-state index in [0.717, 1.165) is 114 Å². The molecule has 0 rings (SSSR count). The molecule has 0 aliphatic carbocycles. The Hall–Kier alpha value is -1.94. The molecule has 0 bridgehead atoms. The highest BCUT2D eigenvalue weighted by atomic mass is 31.2. The quantitative estimate of drug-likeness (QED) is 0.0222. The Bertz CT molecular complexity index is 1890. The summed E-state index contributed by atoms with van der Waals surface area (Å²) in [6, 6.07) is 0. The van der Waals surface area contributed by atoms with E-state index in [0.29, 0.717) is 31.6 Å².